The number of halogens is 2. The van der Waals surface area contributed by atoms with E-state index in [1.54, 1.807) is 0 Å². The van der Waals surface area contributed by atoms with E-state index < -0.39 is 5.82 Å². The van der Waals surface area contributed by atoms with Crippen LogP contribution in [0.1, 0.15) is 25.7 Å². The third-order valence-electron chi connectivity index (χ3n) is 5.13. The molecule has 140 valence electrons. The Morgan fingerprint density at radius 1 is 1.31 bits per heavy atom. The summed E-state index contributed by atoms with van der Waals surface area (Å²) in [6.45, 7) is 0.327. The van der Waals surface area contributed by atoms with Crippen molar-refractivity contribution in [2.45, 2.75) is 42.8 Å². The third kappa shape index (κ3) is 3.24. The number of hydrogen-bond donors (Lipinski definition) is 3. The van der Waals surface area contributed by atoms with Crippen molar-refractivity contribution in [1.29, 1.82) is 0 Å². The fourth-order valence-corrected chi connectivity index (χ4v) is 4.15. The summed E-state index contributed by atoms with van der Waals surface area (Å²) in [6.07, 6.45) is 2.79. The lowest BCUT2D eigenvalue weighted by molar-refractivity contribution is -0.151. The first-order valence-corrected chi connectivity index (χ1v) is 8.85. The lowest BCUT2D eigenvalue weighted by Crippen LogP contribution is -2.84. The van der Waals surface area contributed by atoms with Crippen LogP contribution in [-0.4, -0.2) is 42.1 Å². The van der Waals surface area contributed by atoms with Crippen LogP contribution >= 0.6 is 11.6 Å². The fourth-order valence-electron chi connectivity index (χ4n) is 4.03. The normalized spacial score (nSPS) is 31.5. The Kier molecular flexibility index (Phi) is 4.29. The van der Waals surface area contributed by atoms with Crippen molar-refractivity contribution < 1.29 is 23.6 Å². The number of carbonyl (C=O) groups excluding carboxylic acids is 2. The Morgan fingerprint density at radius 2 is 2.04 bits per heavy atom. The second-order valence-corrected chi connectivity index (χ2v) is 7.71. The molecule has 1 aliphatic heterocycles. The van der Waals surface area contributed by atoms with E-state index in [-0.39, 0.29) is 46.3 Å². The van der Waals surface area contributed by atoms with E-state index in [1.165, 1.54) is 12.1 Å². The summed E-state index contributed by atoms with van der Waals surface area (Å²) < 4.78 is 18.6. The van der Waals surface area contributed by atoms with Crippen molar-refractivity contribution in [2.24, 2.45) is 0 Å². The summed E-state index contributed by atoms with van der Waals surface area (Å²) in [4.78, 5) is 29.2. The number of benzene rings is 1. The van der Waals surface area contributed by atoms with Crippen molar-refractivity contribution in [1.82, 2.24) is 16.1 Å². The molecule has 0 aromatic heterocycles. The molecule has 1 aromatic rings. The number of amides is 2. The standard InChI is InChI=1S/C17H19ClFN3O4/c18-11-2-1-10(5-12(11)19)25-6-14(23)20-16-7-17(8-16,9-16)21-15(24)13-3-4-26-22-13/h1-2,5,13,22H,3-4,6-9H2,(H,20,23)(H,21,24). The zero-order valence-electron chi connectivity index (χ0n) is 13.9. The lowest BCUT2D eigenvalue weighted by Gasteiger charge is -2.70. The minimum absolute atomic E-state index is 0.00220. The van der Waals surface area contributed by atoms with E-state index in [0.29, 0.717) is 32.3 Å². The van der Waals surface area contributed by atoms with E-state index in [2.05, 4.69) is 16.1 Å². The molecule has 2 amide bonds. The van der Waals surface area contributed by atoms with Gasteiger partial charge in [-0.2, -0.15) is 5.48 Å². The quantitative estimate of drug-likeness (QED) is 0.683. The topological polar surface area (TPSA) is 88.7 Å². The molecular weight excluding hydrogens is 365 g/mol. The van der Waals surface area contributed by atoms with Crippen LogP contribution in [0, 0.1) is 5.82 Å². The van der Waals surface area contributed by atoms with Gasteiger partial charge < -0.3 is 20.2 Å². The molecule has 0 radical (unpaired) electrons. The molecule has 26 heavy (non-hydrogen) atoms. The average molecular weight is 384 g/mol. The number of carbonyl (C=O) groups is 2. The van der Waals surface area contributed by atoms with Gasteiger partial charge in [-0.25, -0.2) is 4.39 Å². The van der Waals surface area contributed by atoms with Crippen molar-refractivity contribution in [3.05, 3.63) is 29.0 Å². The van der Waals surface area contributed by atoms with Gasteiger partial charge in [0.25, 0.3) is 5.91 Å². The first kappa shape index (κ1) is 17.5. The minimum atomic E-state index is -0.594. The SMILES string of the molecule is O=C(COc1ccc(Cl)c(F)c1)NC12CC(NC(=O)C3CCON3)(C1)C2. The highest BCUT2D eigenvalue weighted by Crippen LogP contribution is 2.60. The van der Waals surface area contributed by atoms with Gasteiger partial charge in [-0.15, -0.1) is 0 Å². The zero-order chi connectivity index (χ0) is 18.4. The van der Waals surface area contributed by atoms with Gasteiger partial charge in [0.1, 0.15) is 17.6 Å². The lowest BCUT2D eigenvalue weighted by atomic mass is 9.44. The van der Waals surface area contributed by atoms with Crippen molar-refractivity contribution in [3.8, 4) is 5.75 Å². The number of nitrogens with one attached hydrogen (secondary N) is 3. The molecule has 1 unspecified atom stereocenters. The van der Waals surface area contributed by atoms with Crippen LogP contribution in [0.3, 0.4) is 0 Å². The molecule has 1 aromatic carbocycles. The summed E-state index contributed by atoms with van der Waals surface area (Å²) in [5, 5.41) is 6.00. The first-order chi connectivity index (χ1) is 12.4. The maximum Gasteiger partial charge on any atom is 0.258 e. The summed E-state index contributed by atoms with van der Waals surface area (Å²) in [5.41, 5.74) is 2.21. The third-order valence-corrected chi connectivity index (χ3v) is 5.44. The van der Waals surface area contributed by atoms with Crippen LogP contribution in [-0.2, 0) is 14.4 Å². The van der Waals surface area contributed by atoms with Gasteiger partial charge in [-0.1, -0.05) is 11.6 Å². The zero-order valence-corrected chi connectivity index (χ0v) is 14.7. The average Bonchev–Trinajstić information content (AvgIpc) is 3.07. The van der Waals surface area contributed by atoms with Crippen molar-refractivity contribution in [3.63, 3.8) is 0 Å². The largest absolute Gasteiger partial charge is 0.484 e. The second-order valence-electron chi connectivity index (χ2n) is 7.30. The highest BCUT2D eigenvalue weighted by atomic mass is 35.5. The number of ether oxygens (including phenoxy) is 1. The van der Waals surface area contributed by atoms with Crippen LogP contribution < -0.4 is 20.9 Å². The van der Waals surface area contributed by atoms with Gasteiger partial charge >= 0.3 is 0 Å². The molecule has 1 atom stereocenters. The molecule has 4 aliphatic rings. The summed E-state index contributed by atoms with van der Waals surface area (Å²) in [6, 6.07) is 3.72. The van der Waals surface area contributed by atoms with Crippen LogP contribution in [0.4, 0.5) is 4.39 Å². The van der Waals surface area contributed by atoms with Gasteiger partial charge in [0.05, 0.1) is 11.6 Å². The van der Waals surface area contributed by atoms with E-state index in [0.717, 1.165) is 6.07 Å². The molecule has 0 spiro atoms. The monoisotopic (exact) mass is 383 g/mol. The maximum atomic E-state index is 13.3. The Morgan fingerprint density at radius 3 is 2.69 bits per heavy atom. The van der Waals surface area contributed by atoms with Crippen molar-refractivity contribution >= 4 is 23.4 Å². The molecule has 2 bridgehead atoms. The number of rotatable bonds is 6. The van der Waals surface area contributed by atoms with Gasteiger partial charge in [0.15, 0.2) is 6.61 Å². The minimum Gasteiger partial charge on any atom is -0.484 e. The predicted octanol–water partition coefficient (Wildman–Crippen LogP) is 1.06. The molecule has 3 aliphatic carbocycles. The Hall–Kier alpha value is -1.90. The molecule has 3 saturated carbocycles. The summed E-state index contributed by atoms with van der Waals surface area (Å²) in [7, 11) is 0. The van der Waals surface area contributed by atoms with Crippen LogP contribution in [0.5, 0.6) is 5.75 Å². The van der Waals surface area contributed by atoms with Crippen LogP contribution in [0.2, 0.25) is 5.02 Å². The predicted molar refractivity (Wildman–Crippen MR) is 90.0 cm³/mol. The maximum absolute atomic E-state index is 13.3. The number of hydroxylamine groups is 1. The summed E-state index contributed by atoms with van der Waals surface area (Å²) >= 11 is 5.60. The molecule has 5 rings (SSSR count). The molecule has 3 N–H and O–H groups in total. The Bertz CT molecular complexity index is 734. The molecule has 1 saturated heterocycles. The highest BCUT2D eigenvalue weighted by molar-refractivity contribution is 6.30. The number of hydrogen-bond acceptors (Lipinski definition) is 5. The van der Waals surface area contributed by atoms with Crippen molar-refractivity contribution in [2.75, 3.05) is 13.2 Å². The van der Waals surface area contributed by atoms with E-state index in [9.17, 15) is 14.0 Å². The molecule has 7 nitrogen and oxygen atoms in total. The smallest absolute Gasteiger partial charge is 0.258 e. The molecule has 1 heterocycles. The van der Waals surface area contributed by atoms with E-state index >= 15 is 0 Å². The van der Waals surface area contributed by atoms with E-state index in [4.69, 9.17) is 21.2 Å². The molecule has 4 fully saturated rings. The van der Waals surface area contributed by atoms with Crippen LogP contribution in [0.25, 0.3) is 0 Å². The van der Waals surface area contributed by atoms with Gasteiger partial charge in [-0.3, -0.25) is 9.59 Å². The molecular formula is C17H19ClFN3O4. The van der Waals surface area contributed by atoms with Gasteiger partial charge in [0, 0.05) is 17.1 Å². The van der Waals surface area contributed by atoms with E-state index in [1.807, 2.05) is 0 Å². The first-order valence-electron chi connectivity index (χ1n) is 8.47. The highest BCUT2D eigenvalue weighted by Gasteiger charge is 2.69. The van der Waals surface area contributed by atoms with Gasteiger partial charge in [0.2, 0.25) is 5.91 Å². The summed E-state index contributed by atoms with van der Waals surface area (Å²) in [5.74, 6) is -0.681. The second kappa shape index (κ2) is 6.37. The fraction of sp³-hybridized carbons (Fsp3) is 0.529. The molecule has 9 heteroatoms. The van der Waals surface area contributed by atoms with Gasteiger partial charge in [-0.05, 0) is 37.8 Å². The Balaban J connectivity index is 1.21. The Labute approximate surface area is 154 Å². The van der Waals surface area contributed by atoms with Crippen LogP contribution in [0.15, 0.2) is 18.2 Å².